The van der Waals surface area contributed by atoms with E-state index < -0.39 is 0 Å². The molecule has 2 aromatic rings. The standard InChI is InChI=1S/C21H30N4O2/c1-16-19(17(2)25(23-16)14-18-8-6-5-7-9-18)20(26)22-15-21(3,4)24-10-12-27-13-11-24/h5-9H,10-15H2,1-4H3,(H,22,26). The molecule has 6 nitrogen and oxygen atoms in total. The Balaban J connectivity index is 1.67. The zero-order valence-electron chi connectivity index (χ0n) is 16.8. The van der Waals surface area contributed by atoms with Crippen molar-refractivity contribution in [2.75, 3.05) is 32.8 Å². The molecule has 1 fully saturated rings. The molecule has 27 heavy (non-hydrogen) atoms. The van der Waals surface area contributed by atoms with E-state index in [-0.39, 0.29) is 11.4 Å². The number of morpholine rings is 1. The molecule has 1 aromatic carbocycles. The molecule has 0 bridgehead atoms. The monoisotopic (exact) mass is 370 g/mol. The van der Waals surface area contributed by atoms with Crippen LogP contribution < -0.4 is 5.32 Å². The number of rotatable bonds is 6. The Hall–Kier alpha value is -2.18. The Morgan fingerprint density at radius 1 is 1.19 bits per heavy atom. The second-order valence-corrected chi connectivity index (χ2v) is 7.78. The Morgan fingerprint density at radius 2 is 1.85 bits per heavy atom. The minimum atomic E-state index is -0.110. The van der Waals surface area contributed by atoms with Gasteiger partial charge >= 0.3 is 0 Å². The lowest BCUT2D eigenvalue weighted by atomic mass is 10.0. The van der Waals surface area contributed by atoms with Crippen molar-refractivity contribution in [2.24, 2.45) is 0 Å². The van der Waals surface area contributed by atoms with Crippen LogP contribution in [0.4, 0.5) is 0 Å². The molecule has 0 spiro atoms. The van der Waals surface area contributed by atoms with Crippen molar-refractivity contribution in [1.29, 1.82) is 0 Å². The molecule has 146 valence electrons. The molecular formula is C21H30N4O2. The Bertz CT molecular complexity index is 777. The SMILES string of the molecule is Cc1nn(Cc2ccccc2)c(C)c1C(=O)NCC(C)(C)N1CCOCC1. The summed E-state index contributed by atoms with van der Waals surface area (Å²) in [6.07, 6.45) is 0. The van der Waals surface area contributed by atoms with Crippen LogP contribution in [0.3, 0.4) is 0 Å². The molecule has 0 unspecified atom stereocenters. The van der Waals surface area contributed by atoms with Gasteiger partial charge in [0.25, 0.3) is 5.91 Å². The zero-order valence-corrected chi connectivity index (χ0v) is 16.8. The fourth-order valence-corrected chi connectivity index (χ4v) is 3.60. The summed E-state index contributed by atoms with van der Waals surface area (Å²) in [5.41, 5.74) is 3.41. The Labute approximate surface area is 161 Å². The largest absolute Gasteiger partial charge is 0.379 e. The van der Waals surface area contributed by atoms with E-state index in [1.54, 1.807) is 0 Å². The highest BCUT2D eigenvalue weighted by Crippen LogP contribution is 2.18. The highest BCUT2D eigenvalue weighted by atomic mass is 16.5. The second kappa shape index (κ2) is 8.23. The van der Waals surface area contributed by atoms with Gasteiger partial charge in [0.15, 0.2) is 0 Å². The number of benzene rings is 1. The van der Waals surface area contributed by atoms with Crippen LogP contribution in [0.5, 0.6) is 0 Å². The average Bonchev–Trinajstić information content (AvgIpc) is 2.95. The maximum atomic E-state index is 12.9. The molecule has 3 rings (SSSR count). The summed E-state index contributed by atoms with van der Waals surface area (Å²) in [7, 11) is 0. The number of carbonyl (C=O) groups is 1. The number of aryl methyl sites for hydroxylation is 1. The molecule has 1 aliphatic heterocycles. The van der Waals surface area contributed by atoms with E-state index in [0.717, 1.165) is 37.7 Å². The molecular weight excluding hydrogens is 340 g/mol. The van der Waals surface area contributed by atoms with Crippen molar-refractivity contribution in [3.8, 4) is 0 Å². The van der Waals surface area contributed by atoms with E-state index >= 15 is 0 Å². The van der Waals surface area contributed by atoms with Crippen molar-refractivity contribution in [1.82, 2.24) is 20.0 Å². The maximum absolute atomic E-state index is 12.9. The van der Waals surface area contributed by atoms with Gasteiger partial charge < -0.3 is 10.1 Å². The van der Waals surface area contributed by atoms with Gasteiger partial charge in [-0.2, -0.15) is 5.10 Å². The molecule has 1 aromatic heterocycles. The van der Waals surface area contributed by atoms with Gasteiger partial charge in [0, 0.05) is 30.9 Å². The first-order valence-corrected chi connectivity index (χ1v) is 9.57. The quantitative estimate of drug-likeness (QED) is 0.848. The summed E-state index contributed by atoms with van der Waals surface area (Å²) in [5, 5.41) is 7.71. The van der Waals surface area contributed by atoms with E-state index in [4.69, 9.17) is 4.74 Å². The van der Waals surface area contributed by atoms with Crippen LogP contribution in [-0.4, -0.2) is 59.0 Å². The van der Waals surface area contributed by atoms with Crippen molar-refractivity contribution >= 4 is 5.91 Å². The van der Waals surface area contributed by atoms with Crippen molar-refractivity contribution < 1.29 is 9.53 Å². The van der Waals surface area contributed by atoms with Crippen molar-refractivity contribution in [3.05, 3.63) is 52.8 Å². The molecule has 1 saturated heterocycles. The van der Waals surface area contributed by atoms with Crippen LogP contribution in [0.25, 0.3) is 0 Å². The van der Waals surface area contributed by atoms with Gasteiger partial charge in [0.05, 0.1) is 31.0 Å². The molecule has 0 radical (unpaired) electrons. The Kier molecular flexibility index (Phi) is 5.97. The first-order valence-electron chi connectivity index (χ1n) is 9.57. The predicted molar refractivity (Wildman–Crippen MR) is 106 cm³/mol. The third-order valence-corrected chi connectivity index (χ3v) is 5.33. The fraction of sp³-hybridized carbons (Fsp3) is 0.524. The van der Waals surface area contributed by atoms with Crippen LogP contribution >= 0.6 is 0 Å². The summed E-state index contributed by atoms with van der Waals surface area (Å²) in [6, 6.07) is 10.2. The van der Waals surface area contributed by atoms with Crippen LogP contribution in [0.2, 0.25) is 0 Å². The van der Waals surface area contributed by atoms with Gasteiger partial charge in [-0.05, 0) is 33.3 Å². The number of ether oxygens (including phenoxy) is 1. The normalized spacial score (nSPS) is 15.7. The van der Waals surface area contributed by atoms with Gasteiger partial charge in [0.2, 0.25) is 0 Å². The van der Waals surface area contributed by atoms with Crippen molar-refractivity contribution in [3.63, 3.8) is 0 Å². The van der Waals surface area contributed by atoms with E-state index in [1.165, 1.54) is 5.56 Å². The highest BCUT2D eigenvalue weighted by molar-refractivity contribution is 5.96. The minimum Gasteiger partial charge on any atom is -0.379 e. The van der Waals surface area contributed by atoms with Crippen molar-refractivity contribution in [2.45, 2.75) is 39.8 Å². The smallest absolute Gasteiger partial charge is 0.255 e. The van der Waals surface area contributed by atoms with Gasteiger partial charge in [-0.1, -0.05) is 30.3 Å². The number of nitrogens with zero attached hydrogens (tertiary/aromatic N) is 3. The third kappa shape index (κ3) is 4.57. The first-order chi connectivity index (χ1) is 12.9. The van der Waals surface area contributed by atoms with Crippen LogP contribution in [0, 0.1) is 13.8 Å². The molecule has 0 atom stereocenters. The Morgan fingerprint density at radius 3 is 2.52 bits per heavy atom. The molecule has 0 saturated carbocycles. The van der Waals surface area contributed by atoms with Gasteiger partial charge in [-0.25, -0.2) is 0 Å². The molecule has 1 amide bonds. The van der Waals surface area contributed by atoms with Crippen LogP contribution in [0.15, 0.2) is 30.3 Å². The maximum Gasteiger partial charge on any atom is 0.255 e. The second-order valence-electron chi connectivity index (χ2n) is 7.78. The van der Waals surface area contributed by atoms with Gasteiger partial charge in [-0.3, -0.25) is 14.4 Å². The molecule has 1 aliphatic rings. The van der Waals surface area contributed by atoms with E-state index in [0.29, 0.717) is 18.7 Å². The van der Waals surface area contributed by atoms with Crippen LogP contribution in [-0.2, 0) is 11.3 Å². The minimum absolute atomic E-state index is 0.0503. The summed E-state index contributed by atoms with van der Waals surface area (Å²) >= 11 is 0. The highest BCUT2D eigenvalue weighted by Gasteiger charge is 2.29. The molecule has 2 heterocycles. The zero-order chi connectivity index (χ0) is 19.4. The number of nitrogens with one attached hydrogen (secondary N) is 1. The lowest BCUT2D eigenvalue weighted by Crippen LogP contribution is -2.55. The number of hydrogen-bond donors (Lipinski definition) is 1. The number of hydrogen-bond acceptors (Lipinski definition) is 4. The fourth-order valence-electron chi connectivity index (χ4n) is 3.60. The summed E-state index contributed by atoms with van der Waals surface area (Å²) < 4.78 is 7.34. The number of carbonyl (C=O) groups excluding carboxylic acids is 1. The molecule has 6 heteroatoms. The van der Waals surface area contributed by atoms with Crippen LogP contribution in [0.1, 0.15) is 41.2 Å². The summed E-state index contributed by atoms with van der Waals surface area (Å²) in [5.74, 6) is -0.0503. The van der Waals surface area contributed by atoms with E-state index in [1.807, 2.05) is 36.7 Å². The lowest BCUT2D eigenvalue weighted by Gasteiger charge is -2.40. The van der Waals surface area contributed by atoms with Gasteiger partial charge in [-0.15, -0.1) is 0 Å². The predicted octanol–water partition coefficient (Wildman–Crippen LogP) is 2.39. The third-order valence-electron chi connectivity index (χ3n) is 5.33. The van der Waals surface area contributed by atoms with Gasteiger partial charge in [0.1, 0.15) is 0 Å². The average molecular weight is 370 g/mol. The first kappa shape index (κ1) is 19.6. The lowest BCUT2D eigenvalue weighted by molar-refractivity contribution is -0.00923. The molecule has 0 aliphatic carbocycles. The summed E-state index contributed by atoms with van der Waals surface area (Å²) in [4.78, 5) is 15.2. The number of amides is 1. The topological polar surface area (TPSA) is 59.4 Å². The summed E-state index contributed by atoms with van der Waals surface area (Å²) in [6.45, 7) is 12.7. The van der Waals surface area contributed by atoms with E-state index in [9.17, 15) is 4.79 Å². The number of aromatic nitrogens is 2. The van der Waals surface area contributed by atoms with E-state index in [2.05, 4.69) is 41.3 Å². The molecule has 1 N–H and O–H groups in total.